The molecule has 1 aliphatic rings. The van der Waals surface area contributed by atoms with E-state index in [4.69, 9.17) is 5.11 Å². The summed E-state index contributed by atoms with van der Waals surface area (Å²) in [6.07, 6.45) is 3.03. The summed E-state index contributed by atoms with van der Waals surface area (Å²) in [5.41, 5.74) is 0. The summed E-state index contributed by atoms with van der Waals surface area (Å²) < 4.78 is 0. The molecule has 0 heterocycles. The van der Waals surface area contributed by atoms with Gasteiger partial charge in [0.2, 0.25) is 0 Å². The molecule has 0 aromatic rings. The minimum atomic E-state index is -0.466. The van der Waals surface area contributed by atoms with Crippen LogP contribution in [0, 0.1) is 5.92 Å². The normalized spacial score (nSPS) is 25.9. The minimum Gasteiger partial charge on any atom is -0.392 e. The van der Waals surface area contributed by atoms with E-state index in [0.717, 1.165) is 6.42 Å². The summed E-state index contributed by atoms with van der Waals surface area (Å²) in [5, 5.41) is 12.1. The lowest BCUT2D eigenvalue weighted by atomic mass is 10.2. The molecule has 1 rings (SSSR count). The summed E-state index contributed by atoms with van der Waals surface area (Å²) in [4.78, 5) is 13.1. The summed E-state index contributed by atoms with van der Waals surface area (Å²) in [6.45, 7) is 4.23. The van der Waals surface area contributed by atoms with Crippen LogP contribution in [-0.4, -0.2) is 41.8 Å². The summed E-state index contributed by atoms with van der Waals surface area (Å²) in [6, 6.07) is 0.299. The molecule has 3 atom stereocenters. The van der Waals surface area contributed by atoms with Crippen molar-refractivity contribution >= 4 is 6.03 Å². The van der Waals surface area contributed by atoms with Crippen LogP contribution in [0.5, 0.6) is 0 Å². The van der Waals surface area contributed by atoms with E-state index in [1.54, 1.807) is 14.0 Å². The van der Waals surface area contributed by atoms with Crippen molar-refractivity contribution in [2.24, 2.45) is 5.92 Å². The maximum absolute atomic E-state index is 11.6. The van der Waals surface area contributed by atoms with Crippen molar-refractivity contribution in [2.75, 3.05) is 13.6 Å². The van der Waals surface area contributed by atoms with E-state index in [1.807, 2.05) is 0 Å². The first-order valence-corrected chi connectivity index (χ1v) is 5.74. The van der Waals surface area contributed by atoms with Crippen molar-refractivity contribution in [3.63, 3.8) is 0 Å². The van der Waals surface area contributed by atoms with Crippen molar-refractivity contribution in [3.8, 4) is 0 Å². The number of urea groups is 1. The number of rotatable bonds is 5. The Bertz CT molecular complexity index is 219. The summed E-state index contributed by atoms with van der Waals surface area (Å²) in [7, 11) is 1.71. The predicted molar refractivity (Wildman–Crippen MR) is 59.6 cm³/mol. The third kappa shape index (κ3) is 4.08. The van der Waals surface area contributed by atoms with Crippen molar-refractivity contribution in [2.45, 2.75) is 45.3 Å². The lowest BCUT2D eigenvalue weighted by Gasteiger charge is -2.19. The van der Waals surface area contributed by atoms with E-state index in [1.165, 1.54) is 17.7 Å². The fourth-order valence-corrected chi connectivity index (χ4v) is 1.86. The Balaban J connectivity index is 2.19. The van der Waals surface area contributed by atoms with Crippen LogP contribution in [0.15, 0.2) is 0 Å². The van der Waals surface area contributed by atoms with E-state index < -0.39 is 6.10 Å². The SMILES string of the molecule is CCCC1CC1NC(=O)N(C)CC(C)O. The van der Waals surface area contributed by atoms with Crippen LogP contribution in [0.25, 0.3) is 0 Å². The zero-order valence-corrected chi connectivity index (χ0v) is 9.86. The highest BCUT2D eigenvalue weighted by Crippen LogP contribution is 2.34. The third-order valence-corrected chi connectivity index (χ3v) is 2.78. The van der Waals surface area contributed by atoms with Gasteiger partial charge in [-0.25, -0.2) is 4.79 Å². The van der Waals surface area contributed by atoms with Crippen molar-refractivity contribution < 1.29 is 9.90 Å². The number of aliphatic hydroxyl groups excluding tert-OH is 1. The first-order chi connectivity index (χ1) is 7.04. The monoisotopic (exact) mass is 214 g/mol. The molecule has 0 spiro atoms. The fourth-order valence-electron chi connectivity index (χ4n) is 1.86. The van der Waals surface area contributed by atoms with E-state index in [0.29, 0.717) is 18.5 Å². The molecule has 0 bridgehead atoms. The van der Waals surface area contributed by atoms with Gasteiger partial charge in [-0.05, 0) is 25.7 Å². The molecule has 0 aromatic heterocycles. The number of carbonyl (C=O) groups excluding carboxylic acids is 1. The van der Waals surface area contributed by atoms with Crippen LogP contribution < -0.4 is 5.32 Å². The summed E-state index contributed by atoms with van der Waals surface area (Å²) >= 11 is 0. The van der Waals surface area contributed by atoms with Gasteiger partial charge in [-0.2, -0.15) is 0 Å². The molecule has 1 saturated carbocycles. The number of amides is 2. The fraction of sp³-hybridized carbons (Fsp3) is 0.909. The molecule has 15 heavy (non-hydrogen) atoms. The molecular weight excluding hydrogens is 192 g/mol. The van der Waals surface area contributed by atoms with Crippen molar-refractivity contribution in [1.82, 2.24) is 10.2 Å². The van der Waals surface area contributed by atoms with Gasteiger partial charge < -0.3 is 15.3 Å². The quantitative estimate of drug-likeness (QED) is 0.722. The van der Waals surface area contributed by atoms with E-state index in [-0.39, 0.29) is 6.03 Å². The van der Waals surface area contributed by atoms with Gasteiger partial charge in [0.05, 0.1) is 6.10 Å². The smallest absolute Gasteiger partial charge is 0.317 e. The Kier molecular flexibility index (Phi) is 4.39. The summed E-state index contributed by atoms with van der Waals surface area (Å²) in [5.74, 6) is 0.680. The lowest BCUT2D eigenvalue weighted by molar-refractivity contribution is 0.143. The zero-order chi connectivity index (χ0) is 11.4. The number of likely N-dealkylation sites (N-methyl/N-ethyl adjacent to an activating group) is 1. The molecule has 2 N–H and O–H groups in total. The first kappa shape index (κ1) is 12.3. The average Bonchev–Trinajstić information content (AvgIpc) is 2.83. The number of aliphatic hydroxyl groups is 1. The number of nitrogens with one attached hydrogen (secondary N) is 1. The molecule has 0 radical (unpaired) electrons. The van der Waals surface area contributed by atoms with Gasteiger partial charge in [-0.15, -0.1) is 0 Å². The molecule has 0 saturated heterocycles. The average molecular weight is 214 g/mol. The van der Waals surface area contributed by atoms with Crippen LogP contribution in [-0.2, 0) is 0 Å². The van der Waals surface area contributed by atoms with Gasteiger partial charge >= 0.3 is 6.03 Å². The number of hydrogen-bond donors (Lipinski definition) is 2. The first-order valence-electron chi connectivity index (χ1n) is 5.74. The largest absolute Gasteiger partial charge is 0.392 e. The lowest BCUT2D eigenvalue weighted by Crippen LogP contribution is -2.42. The highest BCUT2D eigenvalue weighted by molar-refractivity contribution is 5.74. The minimum absolute atomic E-state index is 0.0699. The van der Waals surface area contributed by atoms with Crippen LogP contribution in [0.3, 0.4) is 0 Å². The Hall–Kier alpha value is -0.770. The number of hydrogen-bond acceptors (Lipinski definition) is 2. The van der Waals surface area contributed by atoms with E-state index in [9.17, 15) is 4.79 Å². The molecule has 2 amide bonds. The second-order valence-electron chi connectivity index (χ2n) is 4.57. The molecule has 4 nitrogen and oxygen atoms in total. The van der Waals surface area contributed by atoms with Crippen molar-refractivity contribution in [1.29, 1.82) is 0 Å². The molecule has 3 unspecified atom stereocenters. The standard InChI is InChI=1S/C11H22N2O2/c1-4-5-9-6-10(9)12-11(15)13(3)7-8(2)14/h8-10,14H,4-7H2,1-3H3,(H,12,15). The van der Waals surface area contributed by atoms with Gasteiger partial charge in [-0.3, -0.25) is 0 Å². The van der Waals surface area contributed by atoms with Gasteiger partial charge in [0, 0.05) is 19.6 Å². The molecule has 1 fully saturated rings. The molecule has 88 valence electrons. The van der Waals surface area contributed by atoms with Crippen LogP contribution in [0.1, 0.15) is 33.1 Å². The Morgan fingerprint density at radius 1 is 1.67 bits per heavy atom. The maximum Gasteiger partial charge on any atom is 0.317 e. The van der Waals surface area contributed by atoms with Crippen LogP contribution in [0.4, 0.5) is 4.79 Å². The maximum atomic E-state index is 11.6. The Morgan fingerprint density at radius 2 is 2.33 bits per heavy atom. The van der Waals surface area contributed by atoms with E-state index in [2.05, 4.69) is 12.2 Å². The molecule has 0 aromatic carbocycles. The second kappa shape index (κ2) is 5.35. The van der Waals surface area contributed by atoms with Crippen molar-refractivity contribution in [3.05, 3.63) is 0 Å². The van der Waals surface area contributed by atoms with Crippen LogP contribution >= 0.6 is 0 Å². The van der Waals surface area contributed by atoms with Gasteiger partial charge in [0.1, 0.15) is 0 Å². The molecule has 4 heteroatoms. The molecular formula is C11H22N2O2. The van der Waals surface area contributed by atoms with Gasteiger partial charge in [0.25, 0.3) is 0 Å². The highest BCUT2D eigenvalue weighted by Gasteiger charge is 2.37. The Labute approximate surface area is 91.6 Å². The van der Waals surface area contributed by atoms with Crippen LogP contribution in [0.2, 0.25) is 0 Å². The third-order valence-electron chi connectivity index (χ3n) is 2.78. The van der Waals surface area contributed by atoms with E-state index >= 15 is 0 Å². The molecule has 0 aliphatic heterocycles. The second-order valence-corrected chi connectivity index (χ2v) is 4.57. The zero-order valence-electron chi connectivity index (χ0n) is 9.86. The predicted octanol–water partition coefficient (Wildman–Crippen LogP) is 1.20. The number of carbonyl (C=O) groups is 1. The highest BCUT2D eigenvalue weighted by atomic mass is 16.3. The topological polar surface area (TPSA) is 52.6 Å². The Morgan fingerprint density at radius 3 is 2.87 bits per heavy atom. The number of nitrogens with zero attached hydrogens (tertiary/aromatic N) is 1. The molecule has 1 aliphatic carbocycles. The van der Waals surface area contributed by atoms with Gasteiger partial charge in [-0.1, -0.05) is 13.3 Å². The van der Waals surface area contributed by atoms with Gasteiger partial charge in [0.15, 0.2) is 0 Å².